The first-order valence-corrected chi connectivity index (χ1v) is 14.1. The largest absolute Gasteiger partial charge is 0.493 e. The van der Waals surface area contributed by atoms with Crippen LogP contribution < -0.4 is 39.1 Å². The van der Waals surface area contributed by atoms with Gasteiger partial charge in [-0.2, -0.15) is 0 Å². The molecule has 0 spiro atoms. The summed E-state index contributed by atoms with van der Waals surface area (Å²) < 4.78 is 38.1. The third-order valence-electron chi connectivity index (χ3n) is 7.01. The SMILES string of the molecule is COc1cc(C(=O)Nc2cccc(-c3nnc(-c4cccc(NC(=O)c5cc(OC)c(OC)c(OC)c5)c4)o3)c2)cc(OC)c1OC. The van der Waals surface area contributed by atoms with E-state index in [2.05, 4.69) is 20.8 Å². The van der Waals surface area contributed by atoms with Gasteiger partial charge < -0.3 is 43.5 Å². The Morgan fingerprint density at radius 1 is 0.532 bits per heavy atom. The number of ether oxygens (including phenoxy) is 6. The highest BCUT2D eigenvalue weighted by molar-refractivity contribution is 6.06. The topological polar surface area (TPSA) is 152 Å². The molecule has 47 heavy (non-hydrogen) atoms. The summed E-state index contributed by atoms with van der Waals surface area (Å²) in [5, 5.41) is 14.1. The normalized spacial score (nSPS) is 10.5. The third-order valence-corrected chi connectivity index (χ3v) is 7.01. The van der Waals surface area contributed by atoms with E-state index in [9.17, 15) is 9.59 Å². The summed E-state index contributed by atoms with van der Waals surface area (Å²) in [6.45, 7) is 0. The van der Waals surface area contributed by atoms with E-state index in [0.29, 0.717) is 68.1 Å². The molecule has 0 aliphatic rings. The fraction of sp³-hybridized carbons (Fsp3) is 0.176. The minimum Gasteiger partial charge on any atom is -0.493 e. The van der Waals surface area contributed by atoms with E-state index in [-0.39, 0.29) is 11.8 Å². The first-order chi connectivity index (χ1) is 22.8. The maximum Gasteiger partial charge on any atom is 0.255 e. The zero-order chi connectivity index (χ0) is 33.5. The van der Waals surface area contributed by atoms with Crippen molar-refractivity contribution in [3.63, 3.8) is 0 Å². The summed E-state index contributed by atoms with van der Waals surface area (Å²) in [5.74, 6) is 1.87. The lowest BCUT2D eigenvalue weighted by Crippen LogP contribution is -2.12. The maximum atomic E-state index is 13.1. The Morgan fingerprint density at radius 3 is 1.21 bits per heavy atom. The highest BCUT2D eigenvalue weighted by Gasteiger charge is 2.20. The van der Waals surface area contributed by atoms with Crippen molar-refractivity contribution in [2.24, 2.45) is 0 Å². The number of nitrogens with one attached hydrogen (secondary N) is 2. The summed E-state index contributed by atoms with van der Waals surface area (Å²) in [7, 11) is 8.89. The van der Waals surface area contributed by atoms with E-state index in [1.54, 1.807) is 72.8 Å². The second-order valence-electron chi connectivity index (χ2n) is 9.81. The fourth-order valence-electron chi connectivity index (χ4n) is 4.75. The fourth-order valence-corrected chi connectivity index (χ4v) is 4.75. The number of nitrogens with zero attached hydrogens (tertiary/aromatic N) is 2. The maximum absolute atomic E-state index is 13.1. The number of rotatable bonds is 12. The molecule has 0 bridgehead atoms. The number of aromatic nitrogens is 2. The Hall–Kier alpha value is -6.24. The zero-order valence-electron chi connectivity index (χ0n) is 26.5. The van der Waals surface area contributed by atoms with Gasteiger partial charge >= 0.3 is 0 Å². The van der Waals surface area contributed by atoms with Crippen LogP contribution in [0.25, 0.3) is 22.9 Å². The Labute approximate surface area is 270 Å². The van der Waals surface area contributed by atoms with Crippen molar-refractivity contribution < 1.29 is 42.4 Å². The molecular formula is C34H32N4O9. The number of hydrogen-bond donors (Lipinski definition) is 2. The van der Waals surface area contributed by atoms with Crippen LogP contribution in [-0.4, -0.2) is 64.7 Å². The summed E-state index contributed by atoms with van der Waals surface area (Å²) in [5.41, 5.74) is 2.77. The van der Waals surface area contributed by atoms with E-state index >= 15 is 0 Å². The van der Waals surface area contributed by atoms with Crippen LogP contribution in [0.5, 0.6) is 34.5 Å². The number of hydrogen-bond acceptors (Lipinski definition) is 11. The molecule has 5 rings (SSSR count). The van der Waals surface area contributed by atoms with Crippen LogP contribution in [0.15, 0.2) is 77.2 Å². The lowest BCUT2D eigenvalue weighted by atomic mass is 10.1. The van der Waals surface area contributed by atoms with Crippen molar-refractivity contribution in [2.75, 3.05) is 53.3 Å². The molecule has 2 N–H and O–H groups in total. The van der Waals surface area contributed by atoms with Gasteiger partial charge in [-0.05, 0) is 60.7 Å². The second kappa shape index (κ2) is 14.2. The third kappa shape index (κ3) is 6.88. The van der Waals surface area contributed by atoms with Crippen LogP contribution >= 0.6 is 0 Å². The molecule has 0 fully saturated rings. The van der Waals surface area contributed by atoms with E-state index < -0.39 is 11.8 Å². The van der Waals surface area contributed by atoms with Gasteiger partial charge in [0.05, 0.1) is 42.7 Å². The summed E-state index contributed by atoms with van der Waals surface area (Å²) in [6, 6.07) is 20.2. The molecule has 4 aromatic carbocycles. The Morgan fingerprint density at radius 2 is 0.894 bits per heavy atom. The Kier molecular flexibility index (Phi) is 9.75. The van der Waals surface area contributed by atoms with Gasteiger partial charge in [-0.25, -0.2) is 0 Å². The van der Waals surface area contributed by atoms with E-state index in [1.165, 1.54) is 42.7 Å². The predicted octanol–water partition coefficient (Wildman–Crippen LogP) is 5.96. The smallest absolute Gasteiger partial charge is 0.255 e. The monoisotopic (exact) mass is 640 g/mol. The van der Waals surface area contributed by atoms with Crippen molar-refractivity contribution in [3.8, 4) is 57.4 Å². The van der Waals surface area contributed by atoms with Crippen molar-refractivity contribution >= 4 is 23.2 Å². The molecule has 13 heteroatoms. The zero-order valence-corrected chi connectivity index (χ0v) is 26.5. The van der Waals surface area contributed by atoms with Crippen LogP contribution in [0.2, 0.25) is 0 Å². The average molecular weight is 641 g/mol. The molecule has 0 aliphatic heterocycles. The van der Waals surface area contributed by atoms with E-state index in [4.69, 9.17) is 32.8 Å². The molecule has 2 amide bonds. The van der Waals surface area contributed by atoms with Crippen molar-refractivity contribution in [1.29, 1.82) is 0 Å². The van der Waals surface area contributed by atoms with Crippen molar-refractivity contribution in [3.05, 3.63) is 83.9 Å². The predicted molar refractivity (Wildman–Crippen MR) is 173 cm³/mol. The minimum atomic E-state index is -0.391. The number of carbonyl (C=O) groups is 2. The highest BCUT2D eigenvalue weighted by atomic mass is 16.5. The number of anilines is 2. The number of methoxy groups -OCH3 is 6. The standard InChI is InChI=1S/C34H32N4O9/c1-41-25-15-21(16-26(42-2)29(25)45-5)31(39)35-23-11-7-9-19(13-23)33-37-38-34(47-33)20-10-8-12-24(14-20)36-32(40)22-17-27(43-3)30(46-6)28(18-22)44-4/h7-18H,1-6H3,(H,35,39)(H,36,40). The van der Waals surface area contributed by atoms with Crippen LogP contribution in [0, 0.1) is 0 Å². The first kappa shape index (κ1) is 32.2. The minimum absolute atomic E-state index is 0.232. The Bertz CT molecular complexity index is 1740. The molecule has 0 aliphatic carbocycles. The highest BCUT2D eigenvalue weighted by Crippen LogP contribution is 2.39. The van der Waals surface area contributed by atoms with Crippen molar-refractivity contribution in [2.45, 2.75) is 0 Å². The molecule has 242 valence electrons. The van der Waals surface area contributed by atoms with Gasteiger partial charge in [0.25, 0.3) is 11.8 Å². The first-order valence-electron chi connectivity index (χ1n) is 14.1. The van der Waals surface area contributed by atoms with Crippen molar-refractivity contribution in [1.82, 2.24) is 10.2 Å². The number of carbonyl (C=O) groups excluding carboxylic acids is 2. The summed E-state index contributed by atoms with van der Waals surface area (Å²) >= 11 is 0. The quantitative estimate of drug-likeness (QED) is 0.166. The number of benzene rings is 4. The lowest BCUT2D eigenvalue weighted by Gasteiger charge is -2.14. The molecule has 0 saturated carbocycles. The summed E-state index contributed by atoms with van der Waals surface area (Å²) in [4.78, 5) is 26.2. The van der Waals surface area contributed by atoms with E-state index in [1.807, 2.05) is 0 Å². The molecular weight excluding hydrogens is 608 g/mol. The molecule has 5 aromatic rings. The van der Waals surface area contributed by atoms with Gasteiger partial charge in [-0.1, -0.05) is 12.1 Å². The molecule has 13 nitrogen and oxygen atoms in total. The van der Waals surface area contributed by atoms with Crippen LogP contribution in [-0.2, 0) is 0 Å². The van der Waals surface area contributed by atoms with E-state index in [0.717, 1.165) is 0 Å². The average Bonchev–Trinajstić information content (AvgIpc) is 3.61. The van der Waals surface area contributed by atoms with Gasteiger partial charge in [-0.15, -0.1) is 10.2 Å². The van der Waals surface area contributed by atoms with Gasteiger partial charge in [0.15, 0.2) is 23.0 Å². The molecule has 0 saturated heterocycles. The number of amides is 2. The Balaban J connectivity index is 1.32. The molecule has 1 heterocycles. The van der Waals surface area contributed by atoms with Crippen LogP contribution in [0.3, 0.4) is 0 Å². The molecule has 0 unspecified atom stereocenters. The van der Waals surface area contributed by atoms with Gasteiger partial charge in [-0.3, -0.25) is 9.59 Å². The van der Waals surface area contributed by atoms with Crippen LogP contribution in [0.4, 0.5) is 11.4 Å². The second-order valence-corrected chi connectivity index (χ2v) is 9.81. The molecule has 1 aromatic heterocycles. The lowest BCUT2D eigenvalue weighted by molar-refractivity contribution is 0.101. The molecule has 0 atom stereocenters. The van der Waals surface area contributed by atoms with Gasteiger partial charge in [0.1, 0.15) is 0 Å². The van der Waals surface area contributed by atoms with Gasteiger partial charge in [0.2, 0.25) is 23.3 Å². The molecule has 0 radical (unpaired) electrons. The van der Waals surface area contributed by atoms with Gasteiger partial charge in [0, 0.05) is 33.6 Å². The van der Waals surface area contributed by atoms with Crippen LogP contribution in [0.1, 0.15) is 20.7 Å². The summed E-state index contributed by atoms with van der Waals surface area (Å²) in [6.07, 6.45) is 0.